The Bertz CT molecular complexity index is 355. The van der Waals surface area contributed by atoms with Crippen LogP contribution < -0.4 is 5.73 Å². The van der Waals surface area contributed by atoms with Gasteiger partial charge in [0.25, 0.3) is 0 Å². The van der Waals surface area contributed by atoms with Crippen molar-refractivity contribution in [1.29, 1.82) is 5.26 Å². The van der Waals surface area contributed by atoms with E-state index in [-0.39, 0.29) is 5.41 Å². The van der Waals surface area contributed by atoms with Gasteiger partial charge < -0.3 is 5.73 Å². The summed E-state index contributed by atoms with van der Waals surface area (Å²) < 4.78 is 0. The minimum Gasteiger partial charge on any atom is -0.384 e. The van der Waals surface area contributed by atoms with Gasteiger partial charge in [0.1, 0.15) is 11.9 Å². The lowest BCUT2D eigenvalue weighted by Crippen LogP contribution is -2.16. The van der Waals surface area contributed by atoms with E-state index in [0.29, 0.717) is 11.4 Å². The van der Waals surface area contributed by atoms with E-state index >= 15 is 0 Å². The smallest absolute Gasteiger partial charge is 0.123 e. The van der Waals surface area contributed by atoms with Gasteiger partial charge in [-0.1, -0.05) is 20.8 Å². The molecule has 1 aromatic rings. The van der Waals surface area contributed by atoms with Crippen molar-refractivity contribution in [2.75, 3.05) is 5.73 Å². The van der Waals surface area contributed by atoms with Crippen molar-refractivity contribution in [1.82, 2.24) is 4.98 Å². The SMILES string of the molecule is CC(C)(C)c1nc(N)ccc1C#N. The molecule has 0 aliphatic heterocycles. The summed E-state index contributed by atoms with van der Waals surface area (Å²) in [7, 11) is 0. The lowest BCUT2D eigenvalue weighted by molar-refractivity contribution is 0.568. The molecule has 0 fully saturated rings. The summed E-state index contributed by atoms with van der Waals surface area (Å²) in [4.78, 5) is 4.17. The van der Waals surface area contributed by atoms with Crippen LogP contribution in [0.4, 0.5) is 5.82 Å². The number of hydrogen-bond donors (Lipinski definition) is 1. The van der Waals surface area contributed by atoms with Gasteiger partial charge in [-0.2, -0.15) is 5.26 Å². The third-order valence-corrected chi connectivity index (χ3v) is 1.75. The fraction of sp³-hybridized carbons (Fsp3) is 0.400. The van der Waals surface area contributed by atoms with E-state index in [0.717, 1.165) is 5.69 Å². The second-order valence-electron chi connectivity index (χ2n) is 3.99. The normalized spacial score (nSPS) is 10.9. The number of nitriles is 1. The standard InChI is InChI=1S/C10H13N3/c1-10(2,3)9-7(6-11)4-5-8(12)13-9/h4-5H,1-3H3,(H2,12,13). The maximum absolute atomic E-state index is 8.84. The van der Waals surface area contributed by atoms with Crippen molar-refractivity contribution in [3.05, 3.63) is 23.4 Å². The highest BCUT2D eigenvalue weighted by atomic mass is 14.8. The highest BCUT2D eigenvalue weighted by Gasteiger charge is 2.19. The van der Waals surface area contributed by atoms with E-state index in [1.165, 1.54) is 0 Å². The van der Waals surface area contributed by atoms with E-state index in [9.17, 15) is 0 Å². The Morgan fingerprint density at radius 2 is 2.00 bits per heavy atom. The molecule has 1 heterocycles. The van der Waals surface area contributed by atoms with Gasteiger partial charge in [0, 0.05) is 5.41 Å². The van der Waals surface area contributed by atoms with Gasteiger partial charge in [0.05, 0.1) is 11.3 Å². The molecule has 68 valence electrons. The van der Waals surface area contributed by atoms with Crippen LogP contribution in [0, 0.1) is 11.3 Å². The Kier molecular flexibility index (Phi) is 2.24. The van der Waals surface area contributed by atoms with E-state index in [2.05, 4.69) is 11.1 Å². The highest BCUT2D eigenvalue weighted by Crippen LogP contribution is 2.24. The molecule has 2 N–H and O–H groups in total. The minimum atomic E-state index is -0.138. The van der Waals surface area contributed by atoms with Crippen LogP contribution in [-0.2, 0) is 5.41 Å². The van der Waals surface area contributed by atoms with Crippen molar-refractivity contribution in [3.63, 3.8) is 0 Å². The fourth-order valence-corrected chi connectivity index (χ4v) is 1.14. The van der Waals surface area contributed by atoms with Gasteiger partial charge in [0.15, 0.2) is 0 Å². The van der Waals surface area contributed by atoms with Crippen LogP contribution in [0.3, 0.4) is 0 Å². The predicted molar refractivity (Wildman–Crippen MR) is 52.1 cm³/mol. The Morgan fingerprint density at radius 1 is 1.38 bits per heavy atom. The van der Waals surface area contributed by atoms with Gasteiger partial charge in [-0.15, -0.1) is 0 Å². The molecule has 0 saturated carbocycles. The molecule has 0 amide bonds. The summed E-state index contributed by atoms with van der Waals surface area (Å²) in [5, 5.41) is 8.84. The molecule has 13 heavy (non-hydrogen) atoms. The van der Waals surface area contributed by atoms with Crippen LogP contribution >= 0.6 is 0 Å². The maximum Gasteiger partial charge on any atom is 0.123 e. The van der Waals surface area contributed by atoms with Gasteiger partial charge in [-0.3, -0.25) is 0 Å². The fourth-order valence-electron chi connectivity index (χ4n) is 1.14. The molecule has 0 atom stereocenters. The summed E-state index contributed by atoms with van der Waals surface area (Å²) in [5.74, 6) is 0.462. The number of aromatic nitrogens is 1. The molecule has 0 aliphatic carbocycles. The first-order valence-corrected chi connectivity index (χ1v) is 4.12. The Balaban J connectivity index is 3.35. The molecule has 3 heteroatoms. The second-order valence-corrected chi connectivity index (χ2v) is 3.99. The lowest BCUT2D eigenvalue weighted by atomic mass is 9.89. The van der Waals surface area contributed by atoms with E-state index in [4.69, 9.17) is 11.0 Å². The summed E-state index contributed by atoms with van der Waals surface area (Å²) in [6, 6.07) is 5.47. The average Bonchev–Trinajstić information content (AvgIpc) is 2.03. The summed E-state index contributed by atoms with van der Waals surface area (Å²) >= 11 is 0. The molecule has 1 rings (SSSR count). The van der Waals surface area contributed by atoms with E-state index in [1.807, 2.05) is 20.8 Å². The van der Waals surface area contributed by atoms with Gasteiger partial charge >= 0.3 is 0 Å². The van der Waals surface area contributed by atoms with Gasteiger partial charge in [0.2, 0.25) is 0 Å². The number of hydrogen-bond acceptors (Lipinski definition) is 3. The van der Waals surface area contributed by atoms with Crippen LogP contribution in [0.1, 0.15) is 32.0 Å². The topological polar surface area (TPSA) is 62.7 Å². The number of nitrogen functional groups attached to an aromatic ring is 1. The van der Waals surface area contributed by atoms with Crippen LogP contribution in [-0.4, -0.2) is 4.98 Å². The number of anilines is 1. The molecule has 0 saturated heterocycles. The molecule has 0 radical (unpaired) electrons. The Labute approximate surface area is 78.2 Å². The largest absolute Gasteiger partial charge is 0.384 e. The third-order valence-electron chi connectivity index (χ3n) is 1.75. The summed E-state index contributed by atoms with van der Waals surface area (Å²) in [6.45, 7) is 6.03. The monoisotopic (exact) mass is 175 g/mol. The molecule has 0 spiro atoms. The van der Waals surface area contributed by atoms with Crippen molar-refractivity contribution < 1.29 is 0 Å². The first-order valence-electron chi connectivity index (χ1n) is 4.12. The highest BCUT2D eigenvalue weighted by molar-refractivity contribution is 5.43. The number of pyridine rings is 1. The van der Waals surface area contributed by atoms with E-state index in [1.54, 1.807) is 12.1 Å². The van der Waals surface area contributed by atoms with Crippen LogP contribution in [0.15, 0.2) is 12.1 Å². The Hall–Kier alpha value is -1.56. The predicted octanol–water partition coefficient (Wildman–Crippen LogP) is 1.83. The molecule has 0 bridgehead atoms. The second kappa shape index (κ2) is 3.06. The van der Waals surface area contributed by atoms with Crippen molar-refractivity contribution in [3.8, 4) is 6.07 Å². The van der Waals surface area contributed by atoms with Crippen LogP contribution in [0.2, 0.25) is 0 Å². The number of rotatable bonds is 0. The molecule has 3 nitrogen and oxygen atoms in total. The zero-order valence-corrected chi connectivity index (χ0v) is 8.13. The lowest BCUT2D eigenvalue weighted by Gasteiger charge is -2.18. The molecule has 1 aromatic heterocycles. The molecular weight excluding hydrogens is 162 g/mol. The Morgan fingerprint density at radius 3 is 2.46 bits per heavy atom. The molecular formula is C10H13N3. The average molecular weight is 175 g/mol. The molecule has 0 aliphatic rings. The molecule has 0 unspecified atom stereocenters. The first kappa shape index (κ1) is 9.53. The number of nitrogens with zero attached hydrogens (tertiary/aromatic N) is 2. The van der Waals surface area contributed by atoms with Crippen molar-refractivity contribution >= 4 is 5.82 Å². The summed E-state index contributed by atoms with van der Waals surface area (Å²) in [5.41, 5.74) is 6.78. The van der Waals surface area contributed by atoms with E-state index < -0.39 is 0 Å². The zero-order chi connectivity index (χ0) is 10.1. The van der Waals surface area contributed by atoms with Gasteiger partial charge in [-0.05, 0) is 12.1 Å². The van der Waals surface area contributed by atoms with Gasteiger partial charge in [-0.25, -0.2) is 4.98 Å². The number of nitrogens with two attached hydrogens (primary N) is 1. The quantitative estimate of drug-likeness (QED) is 0.654. The van der Waals surface area contributed by atoms with Crippen molar-refractivity contribution in [2.45, 2.75) is 26.2 Å². The maximum atomic E-state index is 8.84. The minimum absolute atomic E-state index is 0.138. The van der Waals surface area contributed by atoms with Crippen LogP contribution in [0.5, 0.6) is 0 Å². The van der Waals surface area contributed by atoms with Crippen LogP contribution in [0.25, 0.3) is 0 Å². The third kappa shape index (κ3) is 1.97. The van der Waals surface area contributed by atoms with Crippen molar-refractivity contribution in [2.24, 2.45) is 0 Å². The molecule has 0 aromatic carbocycles. The summed E-state index contributed by atoms with van der Waals surface area (Å²) in [6.07, 6.45) is 0. The first-order chi connectivity index (χ1) is 5.95. The zero-order valence-electron chi connectivity index (χ0n) is 8.13.